The topological polar surface area (TPSA) is 85.3 Å². The van der Waals surface area contributed by atoms with Crippen LogP contribution in [0.5, 0.6) is 0 Å². The van der Waals surface area contributed by atoms with Gasteiger partial charge in [0.1, 0.15) is 23.2 Å². The Bertz CT molecular complexity index is 901. The van der Waals surface area contributed by atoms with Crippen LogP contribution in [-0.2, 0) is 20.4 Å². The fraction of sp³-hybridized carbons (Fsp3) is 0.294. The van der Waals surface area contributed by atoms with Crippen LogP contribution in [0.1, 0.15) is 30.9 Å². The number of nitriles is 1. The molecule has 1 aliphatic heterocycles. The quantitative estimate of drug-likeness (QED) is 0.551. The first kappa shape index (κ1) is 20.8. The van der Waals surface area contributed by atoms with E-state index in [0.717, 1.165) is 6.07 Å². The molecule has 0 aromatic heterocycles. The number of hydrogen-bond donors (Lipinski definition) is 1. The first-order valence-electron chi connectivity index (χ1n) is 7.55. The van der Waals surface area contributed by atoms with Gasteiger partial charge in [-0.05, 0) is 26.0 Å². The van der Waals surface area contributed by atoms with Crippen LogP contribution in [0.3, 0.4) is 0 Å². The maximum Gasteiger partial charge on any atom is 0.419 e. The Morgan fingerprint density at radius 3 is 2.59 bits per heavy atom. The van der Waals surface area contributed by atoms with Gasteiger partial charge in [0.2, 0.25) is 5.88 Å². The van der Waals surface area contributed by atoms with E-state index in [4.69, 9.17) is 15.2 Å². The summed E-state index contributed by atoms with van der Waals surface area (Å²) in [5.41, 5.74) is 2.85. The van der Waals surface area contributed by atoms with E-state index in [1.807, 2.05) is 0 Å². The van der Waals surface area contributed by atoms with E-state index in [1.54, 1.807) is 6.07 Å². The molecule has 2 N–H and O–H groups in total. The maximum absolute atomic E-state index is 14.9. The Morgan fingerprint density at radius 2 is 2.07 bits per heavy atom. The average Bonchev–Trinajstić information content (AvgIpc) is 2.53. The molecule has 0 radical (unpaired) electrons. The Kier molecular flexibility index (Phi) is 5.85. The summed E-state index contributed by atoms with van der Waals surface area (Å²) in [6.07, 6.45) is -4.98. The highest BCUT2D eigenvalue weighted by molar-refractivity contribution is 9.10. The summed E-state index contributed by atoms with van der Waals surface area (Å²) < 4.78 is 64.3. The van der Waals surface area contributed by atoms with Crippen molar-refractivity contribution in [2.45, 2.75) is 25.9 Å². The molecule has 10 heteroatoms. The number of carbonyl (C=O) groups is 1. The Morgan fingerprint density at radius 1 is 1.44 bits per heavy atom. The third kappa shape index (κ3) is 3.78. The number of hydrogen-bond acceptors (Lipinski definition) is 5. The summed E-state index contributed by atoms with van der Waals surface area (Å²) in [5.74, 6) is -4.64. The molecule has 1 atom stereocenters. The average molecular weight is 449 g/mol. The van der Waals surface area contributed by atoms with Crippen molar-refractivity contribution in [2.24, 2.45) is 5.73 Å². The zero-order valence-electron chi connectivity index (χ0n) is 14.1. The number of allylic oxidation sites excluding steroid dienone is 2. The van der Waals surface area contributed by atoms with Crippen LogP contribution in [0.2, 0.25) is 0 Å². The van der Waals surface area contributed by atoms with Gasteiger partial charge < -0.3 is 15.2 Å². The van der Waals surface area contributed by atoms with Crippen LogP contribution in [0.25, 0.3) is 0 Å². The van der Waals surface area contributed by atoms with Crippen LogP contribution in [0, 0.1) is 17.1 Å². The maximum atomic E-state index is 14.9. The van der Waals surface area contributed by atoms with E-state index in [0.29, 0.717) is 6.07 Å². The van der Waals surface area contributed by atoms with Crippen LogP contribution in [0.15, 0.2) is 39.4 Å². The molecule has 1 aromatic rings. The number of rotatable bonds is 3. The van der Waals surface area contributed by atoms with E-state index in [-0.39, 0.29) is 22.4 Å². The predicted molar refractivity (Wildman–Crippen MR) is 89.1 cm³/mol. The Balaban J connectivity index is 2.84. The molecule has 27 heavy (non-hydrogen) atoms. The van der Waals surface area contributed by atoms with Crippen molar-refractivity contribution < 1.29 is 31.8 Å². The number of alkyl halides is 3. The molecule has 2 rings (SSSR count). The van der Waals surface area contributed by atoms with Gasteiger partial charge in [0.25, 0.3) is 0 Å². The molecule has 0 saturated carbocycles. The second-order valence-corrected chi connectivity index (χ2v) is 6.29. The highest BCUT2D eigenvalue weighted by Gasteiger charge is 2.42. The highest BCUT2D eigenvalue weighted by atomic mass is 79.9. The lowest BCUT2D eigenvalue weighted by Crippen LogP contribution is -2.27. The molecule has 1 aromatic carbocycles. The van der Waals surface area contributed by atoms with Crippen molar-refractivity contribution in [3.63, 3.8) is 0 Å². The van der Waals surface area contributed by atoms with Crippen LogP contribution < -0.4 is 5.73 Å². The number of nitrogens with zero attached hydrogens (tertiary/aromatic N) is 1. The standard InChI is InChI=1S/C17H13BrF4N2O3/c1-3-26-16(25)11-7(2)27-15(24)8(6-23)12(11)13-10(18)5-4-9(14(13)19)17(20,21)22/h4-5,12H,3,24H2,1-2H3. The Hall–Kier alpha value is -2.54. The van der Waals surface area contributed by atoms with E-state index in [9.17, 15) is 27.6 Å². The molecule has 5 nitrogen and oxygen atoms in total. The van der Waals surface area contributed by atoms with Crippen LogP contribution in [0.4, 0.5) is 17.6 Å². The molecule has 0 amide bonds. The van der Waals surface area contributed by atoms with Gasteiger partial charge in [-0.2, -0.15) is 18.4 Å². The number of halogens is 5. The second kappa shape index (κ2) is 7.60. The molecule has 1 unspecified atom stereocenters. The van der Waals surface area contributed by atoms with Crippen molar-refractivity contribution in [1.29, 1.82) is 5.26 Å². The molecule has 1 heterocycles. The van der Waals surface area contributed by atoms with E-state index in [2.05, 4.69) is 15.9 Å². The zero-order valence-corrected chi connectivity index (χ0v) is 15.7. The number of carbonyl (C=O) groups excluding carboxylic acids is 1. The van der Waals surface area contributed by atoms with Crippen molar-refractivity contribution in [3.8, 4) is 6.07 Å². The molecule has 0 saturated heterocycles. The summed E-state index contributed by atoms with van der Waals surface area (Å²) in [5, 5.41) is 9.42. The second-order valence-electron chi connectivity index (χ2n) is 5.44. The zero-order chi connectivity index (χ0) is 20.5. The molecule has 144 valence electrons. The van der Waals surface area contributed by atoms with Crippen molar-refractivity contribution in [3.05, 3.63) is 56.3 Å². The van der Waals surface area contributed by atoms with E-state index < -0.39 is 46.5 Å². The SMILES string of the molecule is CCOC(=O)C1=C(C)OC(N)=C(C#N)C1c1c(Br)ccc(C(F)(F)F)c1F. The number of esters is 1. The molecule has 0 spiro atoms. The third-order valence-corrected chi connectivity index (χ3v) is 4.51. The highest BCUT2D eigenvalue weighted by Crippen LogP contribution is 2.45. The van der Waals surface area contributed by atoms with Crippen molar-refractivity contribution in [2.75, 3.05) is 6.61 Å². The number of nitrogens with two attached hydrogens (primary N) is 1. The van der Waals surface area contributed by atoms with Crippen molar-refractivity contribution >= 4 is 21.9 Å². The summed E-state index contributed by atoms with van der Waals surface area (Å²) in [7, 11) is 0. The van der Waals surface area contributed by atoms with Gasteiger partial charge >= 0.3 is 12.1 Å². The lowest BCUT2D eigenvalue weighted by Gasteiger charge is -2.28. The fourth-order valence-electron chi connectivity index (χ4n) is 2.70. The minimum Gasteiger partial charge on any atom is -0.463 e. The summed E-state index contributed by atoms with van der Waals surface area (Å²) in [4.78, 5) is 12.4. The van der Waals surface area contributed by atoms with Crippen LogP contribution in [-0.4, -0.2) is 12.6 Å². The molecular weight excluding hydrogens is 436 g/mol. The van der Waals surface area contributed by atoms with Gasteiger partial charge in [0.05, 0.1) is 23.7 Å². The molecule has 1 aliphatic rings. The van der Waals surface area contributed by atoms with Gasteiger partial charge in [0, 0.05) is 10.0 Å². The monoisotopic (exact) mass is 448 g/mol. The lowest BCUT2D eigenvalue weighted by molar-refractivity contribution is -0.140. The molecular formula is C17H13BrF4N2O3. The van der Waals surface area contributed by atoms with Crippen LogP contribution >= 0.6 is 15.9 Å². The van der Waals surface area contributed by atoms with Gasteiger partial charge in [-0.25, -0.2) is 9.18 Å². The Labute approximate surface area is 160 Å². The van der Waals surface area contributed by atoms with Gasteiger partial charge in [-0.3, -0.25) is 0 Å². The van der Waals surface area contributed by atoms with E-state index in [1.165, 1.54) is 13.8 Å². The minimum atomic E-state index is -4.98. The summed E-state index contributed by atoms with van der Waals surface area (Å²) in [6, 6.07) is 3.22. The van der Waals surface area contributed by atoms with Gasteiger partial charge in [0.15, 0.2) is 0 Å². The van der Waals surface area contributed by atoms with Gasteiger partial charge in [-0.1, -0.05) is 15.9 Å². The van der Waals surface area contributed by atoms with E-state index >= 15 is 0 Å². The normalized spacial score (nSPS) is 17.5. The lowest BCUT2D eigenvalue weighted by atomic mass is 9.82. The molecule has 0 fully saturated rings. The molecule has 0 aliphatic carbocycles. The largest absolute Gasteiger partial charge is 0.463 e. The minimum absolute atomic E-state index is 0.0460. The van der Waals surface area contributed by atoms with Gasteiger partial charge in [-0.15, -0.1) is 0 Å². The smallest absolute Gasteiger partial charge is 0.419 e. The first-order chi connectivity index (χ1) is 12.5. The predicted octanol–water partition coefficient (Wildman–Crippen LogP) is 4.25. The summed E-state index contributed by atoms with van der Waals surface area (Å²) in [6.45, 7) is 2.79. The number of ether oxygens (including phenoxy) is 2. The fourth-order valence-corrected chi connectivity index (χ4v) is 3.23. The molecule has 0 bridgehead atoms. The third-order valence-electron chi connectivity index (χ3n) is 3.82. The van der Waals surface area contributed by atoms with Crippen molar-refractivity contribution in [1.82, 2.24) is 0 Å². The first-order valence-corrected chi connectivity index (χ1v) is 8.34. The number of benzene rings is 1. The summed E-state index contributed by atoms with van der Waals surface area (Å²) >= 11 is 3.00.